The van der Waals surface area contributed by atoms with Gasteiger partial charge in [-0.2, -0.15) is 0 Å². The quantitative estimate of drug-likeness (QED) is 0.656. The van der Waals surface area contributed by atoms with Crippen LogP contribution in [-0.4, -0.2) is 30.6 Å². The molecule has 146 valence electrons. The zero-order chi connectivity index (χ0) is 20.3. The second-order valence-electron chi connectivity index (χ2n) is 6.63. The molecule has 7 nitrogen and oxygen atoms in total. The molecule has 28 heavy (non-hydrogen) atoms. The van der Waals surface area contributed by atoms with E-state index in [1.807, 2.05) is 50.2 Å². The Morgan fingerprint density at radius 3 is 2.61 bits per heavy atom. The van der Waals surface area contributed by atoms with Crippen LogP contribution in [0, 0.1) is 6.92 Å². The van der Waals surface area contributed by atoms with Gasteiger partial charge in [0.2, 0.25) is 5.76 Å². The summed E-state index contributed by atoms with van der Waals surface area (Å²) in [5, 5.41) is 7.41. The predicted molar refractivity (Wildman–Crippen MR) is 105 cm³/mol. The maximum atomic E-state index is 12.4. The normalized spacial score (nSPS) is 12.0. The summed E-state index contributed by atoms with van der Waals surface area (Å²) < 4.78 is 10.8. The van der Waals surface area contributed by atoms with E-state index in [4.69, 9.17) is 9.15 Å². The average molecular weight is 382 g/mol. The molecule has 1 aromatic heterocycles. The van der Waals surface area contributed by atoms with Crippen molar-refractivity contribution in [1.82, 2.24) is 10.6 Å². The number of furan rings is 1. The summed E-state index contributed by atoms with van der Waals surface area (Å²) in [5.74, 6) is -1.42. The number of nitrogens with one attached hydrogen (secondary N) is 2. The van der Waals surface area contributed by atoms with Gasteiger partial charge in [-0.05, 0) is 25.7 Å². The minimum absolute atomic E-state index is 0.0446. The largest absolute Gasteiger partial charge is 0.450 e. The van der Waals surface area contributed by atoms with Crippen molar-refractivity contribution in [2.24, 2.45) is 0 Å². The molecule has 1 heterocycles. The minimum Gasteiger partial charge on any atom is -0.450 e. The Labute approximate surface area is 162 Å². The Morgan fingerprint density at radius 1 is 1.11 bits per heavy atom. The number of imide groups is 1. The number of amides is 3. The Morgan fingerprint density at radius 2 is 1.86 bits per heavy atom. The first-order valence-electron chi connectivity index (χ1n) is 9.09. The molecule has 1 atom stereocenters. The molecular weight excluding hydrogens is 360 g/mol. The topological polar surface area (TPSA) is 97.6 Å². The highest BCUT2D eigenvalue weighted by Gasteiger charge is 2.21. The fourth-order valence-electron chi connectivity index (χ4n) is 2.87. The van der Waals surface area contributed by atoms with Crippen LogP contribution in [-0.2, 0) is 9.53 Å². The molecule has 0 radical (unpaired) electrons. The summed E-state index contributed by atoms with van der Waals surface area (Å²) in [7, 11) is 0. The minimum atomic E-state index is -0.754. The second-order valence-corrected chi connectivity index (χ2v) is 6.63. The van der Waals surface area contributed by atoms with Crippen LogP contribution in [0.4, 0.5) is 4.79 Å². The van der Waals surface area contributed by atoms with E-state index in [-0.39, 0.29) is 11.8 Å². The third kappa shape index (κ3) is 3.98. The molecule has 3 amide bonds. The lowest BCUT2D eigenvalue weighted by Gasteiger charge is -2.11. The van der Waals surface area contributed by atoms with Crippen molar-refractivity contribution >= 4 is 39.6 Å². The van der Waals surface area contributed by atoms with Gasteiger partial charge in [0.05, 0.1) is 0 Å². The van der Waals surface area contributed by atoms with Crippen molar-refractivity contribution in [3.05, 3.63) is 47.7 Å². The molecule has 0 spiro atoms. The highest BCUT2D eigenvalue weighted by atomic mass is 16.5. The average Bonchev–Trinajstić information content (AvgIpc) is 3.03. The lowest BCUT2D eigenvalue weighted by molar-refractivity contribution is -0.123. The Hall–Kier alpha value is -3.35. The fraction of sp³-hybridized carbons (Fsp3) is 0.286. The molecule has 0 bridgehead atoms. The number of hydrogen-bond donors (Lipinski definition) is 2. The molecule has 0 aliphatic rings. The summed E-state index contributed by atoms with van der Waals surface area (Å²) in [6.07, 6.45) is 0.733. The third-order valence-electron chi connectivity index (χ3n) is 4.59. The summed E-state index contributed by atoms with van der Waals surface area (Å²) in [4.78, 5) is 35.8. The van der Waals surface area contributed by atoms with Gasteiger partial charge >= 0.3 is 12.0 Å². The SMILES string of the molecule is CC[C@@H](C)NC(=O)NC(=O)COC(=O)c1oc2c(ccc3ccccc32)c1C. The Kier molecular flexibility index (Phi) is 5.63. The Bertz CT molecular complexity index is 1050. The van der Waals surface area contributed by atoms with Crippen LogP contribution >= 0.6 is 0 Å². The van der Waals surface area contributed by atoms with E-state index in [1.165, 1.54) is 0 Å². The highest BCUT2D eigenvalue weighted by Crippen LogP contribution is 2.31. The Balaban J connectivity index is 1.70. The maximum absolute atomic E-state index is 12.4. The van der Waals surface area contributed by atoms with Gasteiger partial charge in [0, 0.05) is 22.4 Å². The van der Waals surface area contributed by atoms with Crippen molar-refractivity contribution in [3.8, 4) is 0 Å². The van der Waals surface area contributed by atoms with E-state index in [9.17, 15) is 14.4 Å². The van der Waals surface area contributed by atoms with Gasteiger partial charge in [0.25, 0.3) is 5.91 Å². The number of hydrogen-bond acceptors (Lipinski definition) is 5. The number of benzene rings is 2. The van der Waals surface area contributed by atoms with Crippen LogP contribution in [0.25, 0.3) is 21.7 Å². The van der Waals surface area contributed by atoms with Gasteiger partial charge in [0.1, 0.15) is 5.58 Å². The zero-order valence-corrected chi connectivity index (χ0v) is 16.0. The van der Waals surface area contributed by atoms with Crippen LogP contribution in [0.15, 0.2) is 40.8 Å². The lowest BCUT2D eigenvalue weighted by atomic mass is 10.1. The van der Waals surface area contributed by atoms with E-state index in [2.05, 4.69) is 10.6 Å². The summed E-state index contributed by atoms with van der Waals surface area (Å²) >= 11 is 0. The smallest absolute Gasteiger partial charge is 0.375 e. The molecule has 0 unspecified atom stereocenters. The molecule has 0 aliphatic heterocycles. The van der Waals surface area contributed by atoms with Crippen LogP contribution < -0.4 is 10.6 Å². The van der Waals surface area contributed by atoms with E-state index >= 15 is 0 Å². The van der Waals surface area contributed by atoms with Crippen LogP contribution in [0.2, 0.25) is 0 Å². The number of carbonyl (C=O) groups is 3. The number of aryl methyl sites for hydroxylation is 1. The lowest BCUT2D eigenvalue weighted by Crippen LogP contribution is -2.44. The molecule has 2 N–H and O–H groups in total. The van der Waals surface area contributed by atoms with Crippen molar-refractivity contribution < 1.29 is 23.5 Å². The van der Waals surface area contributed by atoms with Crippen molar-refractivity contribution in [2.75, 3.05) is 6.61 Å². The van der Waals surface area contributed by atoms with Gasteiger partial charge < -0.3 is 14.5 Å². The van der Waals surface area contributed by atoms with Crippen LogP contribution in [0.1, 0.15) is 36.4 Å². The second kappa shape index (κ2) is 8.12. The zero-order valence-electron chi connectivity index (χ0n) is 16.0. The molecule has 0 saturated heterocycles. The van der Waals surface area contributed by atoms with E-state index in [1.54, 1.807) is 6.92 Å². The molecule has 3 rings (SSSR count). The molecular formula is C21H22N2O5. The summed E-state index contributed by atoms with van der Waals surface area (Å²) in [6, 6.07) is 10.8. The first-order chi connectivity index (χ1) is 13.4. The van der Waals surface area contributed by atoms with E-state index in [0.29, 0.717) is 11.1 Å². The molecule has 3 aromatic rings. The van der Waals surface area contributed by atoms with E-state index < -0.39 is 24.5 Å². The van der Waals surface area contributed by atoms with Gasteiger partial charge in [0.15, 0.2) is 6.61 Å². The molecule has 0 saturated carbocycles. The van der Waals surface area contributed by atoms with Crippen molar-refractivity contribution in [2.45, 2.75) is 33.2 Å². The number of esters is 1. The first-order valence-corrected chi connectivity index (χ1v) is 9.09. The summed E-state index contributed by atoms with van der Waals surface area (Å²) in [5.41, 5.74) is 1.24. The summed E-state index contributed by atoms with van der Waals surface area (Å²) in [6.45, 7) is 4.91. The van der Waals surface area contributed by atoms with Crippen LogP contribution in [0.3, 0.4) is 0 Å². The standard InChI is InChI=1S/C21H22N2O5/c1-4-12(2)22-21(26)23-17(24)11-27-20(25)18-13(3)15-10-9-14-7-5-6-8-16(14)19(15)28-18/h5-10,12H,4,11H2,1-3H3,(H2,22,23,24,26)/t12-/m1/s1. The van der Waals surface area contributed by atoms with E-state index in [0.717, 1.165) is 22.6 Å². The molecule has 7 heteroatoms. The number of rotatable bonds is 5. The molecule has 0 fully saturated rings. The maximum Gasteiger partial charge on any atom is 0.375 e. The molecule has 0 aliphatic carbocycles. The van der Waals surface area contributed by atoms with Gasteiger partial charge in [-0.25, -0.2) is 9.59 Å². The van der Waals surface area contributed by atoms with Gasteiger partial charge in [-0.1, -0.05) is 43.3 Å². The third-order valence-corrected chi connectivity index (χ3v) is 4.59. The number of carbonyl (C=O) groups excluding carboxylic acids is 3. The number of fused-ring (bicyclic) bond motifs is 3. The van der Waals surface area contributed by atoms with Gasteiger partial charge in [-0.3, -0.25) is 10.1 Å². The highest BCUT2D eigenvalue weighted by molar-refractivity contribution is 6.08. The van der Waals surface area contributed by atoms with Crippen LogP contribution in [0.5, 0.6) is 0 Å². The fourth-order valence-corrected chi connectivity index (χ4v) is 2.87. The first kappa shape index (κ1) is 19.4. The molecule has 2 aromatic carbocycles. The number of urea groups is 1. The van der Waals surface area contributed by atoms with Gasteiger partial charge in [-0.15, -0.1) is 0 Å². The monoisotopic (exact) mass is 382 g/mol. The van der Waals surface area contributed by atoms with Crippen molar-refractivity contribution in [1.29, 1.82) is 0 Å². The number of ether oxygens (including phenoxy) is 1. The predicted octanol–water partition coefficient (Wildman–Crippen LogP) is 3.68. The van der Waals surface area contributed by atoms with Crippen molar-refractivity contribution in [3.63, 3.8) is 0 Å².